The molecule has 0 aromatic carbocycles. The molecule has 0 aromatic rings. The second kappa shape index (κ2) is 76.4. The van der Waals surface area contributed by atoms with E-state index in [-0.39, 0.29) is 25.7 Å². The number of esters is 4. The fourth-order valence-corrected chi connectivity index (χ4v) is 12.0. The van der Waals surface area contributed by atoms with Crippen molar-refractivity contribution < 1.29 is 80.2 Å². The number of ether oxygens (including phenoxy) is 4. The fourth-order valence-electron chi connectivity index (χ4n) is 10.5. The molecule has 3 N–H and O–H groups in total. The van der Waals surface area contributed by atoms with Crippen LogP contribution in [0.4, 0.5) is 0 Å². The van der Waals surface area contributed by atoms with E-state index in [9.17, 15) is 43.2 Å². The van der Waals surface area contributed by atoms with Gasteiger partial charge in [0.2, 0.25) is 0 Å². The number of phosphoric ester groups is 2. The van der Waals surface area contributed by atoms with E-state index in [2.05, 4.69) is 161 Å². The first kappa shape index (κ1) is 99.2. The van der Waals surface area contributed by atoms with Gasteiger partial charge in [0.15, 0.2) is 12.2 Å². The maximum Gasteiger partial charge on any atom is 0.472 e. The van der Waals surface area contributed by atoms with Crippen molar-refractivity contribution in [2.45, 2.75) is 341 Å². The highest BCUT2D eigenvalue weighted by Gasteiger charge is 2.30. The Morgan fingerprint density at radius 2 is 0.500 bits per heavy atom. The van der Waals surface area contributed by atoms with Crippen LogP contribution >= 0.6 is 15.6 Å². The van der Waals surface area contributed by atoms with Crippen molar-refractivity contribution in [2.24, 2.45) is 0 Å². The van der Waals surface area contributed by atoms with Crippen LogP contribution in [0.2, 0.25) is 0 Å². The fraction of sp³-hybridized carbons (Fsp3) is 0.694. The second-order valence-corrected chi connectivity index (χ2v) is 29.5. The topological polar surface area (TPSA) is 237 Å². The predicted molar refractivity (Wildman–Crippen MR) is 427 cm³/mol. The molecule has 5 atom stereocenters. The van der Waals surface area contributed by atoms with Gasteiger partial charge in [-0.2, -0.15) is 0 Å². The van der Waals surface area contributed by atoms with Crippen LogP contribution in [0.3, 0.4) is 0 Å². The summed E-state index contributed by atoms with van der Waals surface area (Å²) in [6, 6.07) is 0. The molecule has 0 amide bonds. The molecule has 0 aliphatic carbocycles. The molecule has 0 radical (unpaired) electrons. The molecule has 0 aliphatic heterocycles. The summed E-state index contributed by atoms with van der Waals surface area (Å²) < 4.78 is 68.6. The minimum absolute atomic E-state index is 0.0681. The van der Waals surface area contributed by atoms with Crippen molar-refractivity contribution >= 4 is 39.5 Å². The Morgan fingerprint density at radius 3 is 0.769 bits per heavy atom. The van der Waals surface area contributed by atoms with Crippen molar-refractivity contribution in [3.8, 4) is 0 Å². The maximum absolute atomic E-state index is 13.1. The number of unbranched alkanes of at least 4 members (excludes halogenated alkanes) is 27. The Bertz CT molecular complexity index is 2490. The smallest absolute Gasteiger partial charge is 0.462 e. The molecule has 5 unspecified atom stereocenters. The summed E-state index contributed by atoms with van der Waals surface area (Å²) in [5.41, 5.74) is 0. The lowest BCUT2D eigenvalue weighted by Gasteiger charge is -2.21. The number of carbonyl (C=O) groups is 4. The summed E-state index contributed by atoms with van der Waals surface area (Å²) in [6.45, 7) is 4.54. The average Bonchev–Trinajstić information content (AvgIpc) is 0.912. The van der Waals surface area contributed by atoms with Gasteiger partial charge < -0.3 is 33.8 Å². The van der Waals surface area contributed by atoms with Crippen LogP contribution in [0, 0.1) is 0 Å². The number of aliphatic hydroxyl groups excluding tert-OH is 1. The third-order valence-electron chi connectivity index (χ3n) is 16.6. The number of hydrogen-bond donors (Lipinski definition) is 3. The zero-order valence-corrected chi connectivity index (χ0v) is 66.9. The number of allylic oxidation sites excluding steroid dienone is 22. The number of carbonyl (C=O) groups excluding carboxylic acids is 4. The number of aliphatic hydroxyl groups is 1. The zero-order valence-electron chi connectivity index (χ0n) is 65.2. The molecule has 19 heteroatoms. The van der Waals surface area contributed by atoms with Gasteiger partial charge in [-0.25, -0.2) is 9.13 Å². The summed E-state index contributed by atoms with van der Waals surface area (Å²) in [6.07, 6.45) is 85.6. The monoisotopic (exact) mass is 1500 g/mol. The van der Waals surface area contributed by atoms with E-state index in [1.54, 1.807) is 0 Å². The van der Waals surface area contributed by atoms with E-state index in [0.717, 1.165) is 205 Å². The van der Waals surface area contributed by atoms with Crippen molar-refractivity contribution in [1.82, 2.24) is 0 Å². The third-order valence-corrected chi connectivity index (χ3v) is 18.5. The Balaban J connectivity index is 5.40. The van der Waals surface area contributed by atoms with Gasteiger partial charge >= 0.3 is 39.5 Å². The van der Waals surface area contributed by atoms with Crippen LogP contribution in [0.15, 0.2) is 134 Å². The largest absolute Gasteiger partial charge is 0.472 e. The van der Waals surface area contributed by atoms with E-state index in [0.29, 0.717) is 25.7 Å². The van der Waals surface area contributed by atoms with E-state index < -0.39 is 97.5 Å². The molecule has 596 valence electrons. The first-order valence-corrected chi connectivity index (χ1v) is 43.4. The minimum Gasteiger partial charge on any atom is -0.462 e. The van der Waals surface area contributed by atoms with Gasteiger partial charge in [0.1, 0.15) is 19.3 Å². The predicted octanol–water partition coefficient (Wildman–Crippen LogP) is 23.7. The molecular weight excluding hydrogens is 1350 g/mol. The Hall–Kier alpha value is -4.80. The molecule has 0 aliphatic rings. The van der Waals surface area contributed by atoms with Crippen LogP contribution in [0.5, 0.6) is 0 Å². The molecule has 0 spiro atoms. The van der Waals surface area contributed by atoms with E-state index >= 15 is 0 Å². The molecule has 0 fully saturated rings. The Morgan fingerprint density at radius 1 is 0.279 bits per heavy atom. The number of phosphoric acid groups is 2. The maximum atomic E-state index is 13.1. The third kappa shape index (κ3) is 75.4. The van der Waals surface area contributed by atoms with Crippen LogP contribution in [0.25, 0.3) is 0 Å². The first-order valence-electron chi connectivity index (χ1n) is 40.4. The Kier molecular flexibility index (Phi) is 72.9. The van der Waals surface area contributed by atoms with Crippen LogP contribution in [-0.4, -0.2) is 96.7 Å². The highest BCUT2D eigenvalue weighted by molar-refractivity contribution is 7.47. The van der Waals surface area contributed by atoms with Gasteiger partial charge in [0.25, 0.3) is 0 Å². The van der Waals surface area contributed by atoms with Crippen molar-refractivity contribution in [2.75, 3.05) is 39.6 Å². The molecule has 104 heavy (non-hydrogen) atoms. The normalized spacial score (nSPS) is 14.6. The molecular formula is C85H144O17P2. The standard InChI is InChI=1S/C85H144O17P2/c1-5-9-13-17-21-25-29-33-37-38-39-40-44-46-50-54-58-62-66-70-83(88)96-76-81(102-85(90)72-68-64-60-56-52-48-43-36-32-28-24-20-16-12-8-4)78-100-104(93,94)98-74-79(86)73-97-103(91,92)99-77-80(101-84(89)71-67-63-59-55-51-47-42-35-31-27-23-19-15-11-7-3)75-95-82(87)69-65-61-57-53-49-45-41-34-30-26-22-18-14-10-6-2/h10-11,14-15,21-28,33-37,39-43,79-81,86H,5-9,12-13,16-20,29-32,38,44-78H2,1-4H3,(H,91,92)(H,93,94)/b14-10-,15-11-,25-21-,26-22-,27-23-,28-24-,37-33-,40-39-,41-34-,42-35-,43-36-. The van der Waals surface area contributed by atoms with E-state index in [4.69, 9.17) is 37.0 Å². The van der Waals surface area contributed by atoms with E-state index in [1.807, 2.05) is 0 Å². The second-order valence-electron chi connectivity index (χ2n) is 26.6. The van der Waals surface area contributed by atoms with Crippen molar-refractivity contribution in [3.63, 3.8) is 0 Å². The lowest BCUT2D eigenvalue weighted by atomic mass is 10.1. The highest BCUT2D eigenvalue weighted by atomic mass is 31.2. The molecule has 0 bridgehead atoms. The van der Waals surface area contributed by atoms with E-state index in [1.165, 1.54) is 38.5 Å². The molecule has 0 saturated heterocycles. The number of rotatable bonds is 75. The van der Waals surface area contributed by atoms with Gasteiger partial charge in [-0.1, -0.05) is 271 Å². The summed E-state index contributed by atoms with van der Waals surface area (Å²) in [4.78, 5) is 73.1. The summed E-state index contributed by atoms with van der Waals surface area (Å²) >= 11 is 0. The van der Waals surface area contributed by atoms with Crippen LogP contribution in [0.1, 0.15) is 323 Å². The van der Waals surface area contributed by atoms with Gasteiger partial charge in [-0.3, -0.25) is 37.3 Å². The zero-order chi connectivity index (χ0) is 76.0. The molecule has 0 heterocycles. The quantitative estimate of drug-likeness (QED) is 0.0169. The molecule has 17 nitrogen and oxygen atoms in total. The summed E-state index contributed by atoms with van der Waals surface area (Å²) in [7, 11) is -9.98. The summed E-state index contributed by atoms with van der Waals surface area (Å²) in [5, 5.41) is 10.6. The SMILES string of the molecule is CC/C=C\C/C=C\C/C=C\CCCCCCCC(=O)OCC(COP(=O)(O)OCC(O)COP(=O)(O)OCC(COC(=O)CCCCCCCC/C=C\C/C=C\C/C=C\CCCCC)OC(=O)CCCCCCC/C=C\C/C=C\CCCCC)OC(=O)CCCCCCC/C=C\C/C=C\C/C=C\CC. The number of hydrogen-bond acceptors (Lipinski definition) is 15. The van der Waals surface area contributed by atoms with Crippen LogP contribution in [-0.2, 0) is 65.4 Å². The highest BCUT2D eigenvalue weighted by Crippen LogP contribution is 2.45. The first-order chi connectivity index (χ1) is 50.7. The van der Waals surface area contributed by atoms with Crippen molar-refractivity contribution in [3.05, 3.63) is 134 Å². The lowest BCUT2D eigenvalue weighted by Crippen LogP contribution is -2.30. The van der Waals surface area contributed by atoms with Crippen molar-refractivity contribution in [1.29, 1.82) is 0 Å². The lowest BCUT2D eigenvalue weighted by molar-refractivity contribution is -0.161. The van der Waals surface area contributed by atoms with Gasteiger partial charge in [-0.05, 0) is 161 Å². The average molecular weight is 1500 g/mol. The molecule has 0 aromatic heterocycles. The van der Waals surface area contributed by atoms with Gasteiger partial charge in [0, 0.05) is 25.7 Å². The molecule has 0 rings (SSSR count). The van der Waals surface area contributed by atoms with Gasteiger partial charge in [-0.15, -0.1) is 0 Å². The summed E-state index contributed by atoms with van der Waals surface area (Å²) in [5.74, 6) is -2.24. The van der Waals surface area contributed by atoms with Gasteiger partial charge in [0.05, 0.1) is 26.4 Å². The van der Waals surface area contributed by atoms with Crippen LogP contribution < -0.4 is 0 Å². The molecule has 0 saturated carbocycles. The Labute approximate surface area is 631 Å². The minimum atomic E-state index is -4.99.